The van der Waals surface area contributed by atoms with Crippen molar-refractivity contribution >= 4 is 59.5 Å². The first-order valence-electron chi connectivity index (χ1n) is 14.1. The zero-order valence-corrected chi connectivity index (χ0v) is 23.6. The fourth-order valence-corrected chi connectivity index (χ4v) is 6.87. The second-order valence-electron chi connectivity index (χ2n) is 10.5. The van der Waals surface area contributed by atoms with Crippen LogP contribution in [-0.4, -0.2) is 4.98 Å². The second-order valence-corrected chi connectivity index (χ2v) is 11.6. The van der Waals surface area contributed by atoms with Crippen molar-refractivity contribution in [3.8, 4) is 22.3 Å². The first-order chi connectivity index (χ1) is 20.8. The molecule has 198 valence electrons. The molecule has 0 radical (unpaired) electrons. The highest BCUT2D eigenvalue weighted by atomic mass is 32.1. The molecule has 0 bridgehead atoms. The number of thiophene rings is 1. The fraction of sp³-hybridized carbons (Fsp3) is 0. The smallest absolute Gasteiger partial charge is 0.0888 e. The molecule has 8 aromatic rings. The standard InChI is InChI=1S/C39H26N2S/c1-2-7-27(8-3-1)29-14-18-33(19-15-29)41(35-22-23-36-38(26-35)42-37-11-6-24-40-39(36)37)34-20-16-30(17-21-34)32-13-12-28-9-4-5-10-31(28)25-32/h1-26H. The third kappa shape index (κ3) is 4.41. The van der Waals surface area contributed by atoms with E-state index in [0.717, 1.165) is 22.6 Å². The molecule has 0 amide bonds. The monoisotopic (exact) mass is 554 g/mol. The molecule has 0 aliphatic rings. The minimum absolute atomic E-state index is 1.07. The van der Waals surface area contributed by atoms with Gasteiger partial charge in [0.05, 0.1) is 10.2 Å². The highest BCUT2D eigenvalue weighted by Crippen LogP contribution is 2.41. The van der Waals surface area contributed by atoms with Crippen molar-refractivity contribution in [1.82, 2.24) is 4.98 Å². The number of pyridine rings is 1. The lowest BCUT2D eigenvalue weighted by Crippen LogP contribution is -2.09. The molecular weight excluding hydrogens is 529 g/mol. The van der Waals surface area contributed by atoms with Crippen LogP contribution >= 0.6 is 11.3 Å². The maximum Gasteiger partial charge on any atom is 0.0888 e. The van der Waals surface area contributed by atoms with Gasteiger partial charge in [0, 0.05) is 33.3 Å². The van der Waals surface area contributed by atoms with E-state index in [2.05, 4.69) is 155 Å². The topological polar surface area (TPSA) is 16.1 Å². The van der Waals surface area contributed by atoms with Crippen LogP contribution in [0.5, 0.6) is 0 Å². The molecule has 42 heavy (non-hydrogen) atoms. The van der Waals surface area contributed by atoms with Gasteiger partial charge in [0.1, 0.15) is 0 Å². The van der Waals surface area contributed by atoms with Crippen molar-refractivity contribution in [3.63, 3.8) is 0 Å². The summed E-state index contributed by atoms with van der Waals surface area (Å²) in [6.45, 7) is 0. The highest BCUT2D eigenvalue weighted by molar-refractivity contribution is 7.25. The van der Waals surface area contributed by atoms with E-state index in [1.807, 2.05) is 12.3 Å². The zero-order valence-electron chi connectivity index (χ0n) is 22.8. The van der Waals surface area contributed by atoms with Gasteiger partial charge in [-0.3, -0.25) is 4.98 Å². The minimum Gasteiger partial charge on any atom is -0.310 e. The van der Waals surface area contributed by atoms with Gasteiger partial charge >= 0.3 is 0 Å². The number of nitrogens with zero attached hydrogens (tertiary/aromatic N) is 2. The lowest BCUT2D eigenvalue weighted by atomic mass is 10.0. The highest BCUT2D eigenvalue weighted by Gasteiger charge is 2.16. The van der Waals surface area contributed by atoms with Crippen molar-refractivity contribution in [2.45, 2.75) is 0 Å². The molecule has 0 fully saturated rings. The summed E-state index contributed by atoms with van der Waals surface area (Å²) in [6, 6.07) is 54.4. The van der Waals surface area contributed by atoms with Gasteiger partial charge in [-0.25, -0.2) is 0 Å². The van der Waals surface area contributed by atoms with Crippen molar-refractivity contribution < 1.29 is 0 Å². The van der Waals surface area contributed by atoms with E-state index in [0.29, 0.717) is 0 Å². The molecule has 0 saturated carbocycles. The average Bonchev–Trinajstić information content (AvgIpc) is 3.44. The predicted molar refractivity (Wildman–Crippen MR) is 180 cm³/mol. The molecule has 0 atom stereocenters. The Bertz CT molecular complexity index is 2180. The molecule has 0 aliphatic heterocycles. The second kappa shape index (κ2) is 10.3. The lowest BCUT2D eigenvalue weighted by Gasteiger charge is -2.26. The Balaban J connectivity index is 1.22. The van der Waals surface area contributed by atoms with Crippen LogP contribution in [0.15, 0.2) is 158 Å². The Morgan fingerprint density at radius 3 is 1.81 bits per heavy atom. The van der Waals surface area contributed by atoms with Crippen LogP contribution in [-0.2, 0) is 0 Å². The van der Waals surface area contributed by atoms with Gasteiger partial charge in [-0.1, -0.05) is 91.0 Å². The first-order valence-corrected chi connectivity index (χ1v) is 14.9. The van der Waals surface area contributed by atoms with Gasteiger partial charge in [0.2, 0.25) is 0 Å². The van der Waals surface area contributed by atoms with E-state index in [1.54, 1.807) is 11.3 Å². The molecule has 8 rings (SSSR count). The van der Waals surface area contributed by atoms with Crippen molar-refractivity contribution in [2.24, 2.45) is 0 Å². The van der Waals surface area contributed by atoms with Crippen LogP contribution in [0.4, 0.5) is 17.1 Å². The summed E-state index contributed by atoms with van der Waals surface area (Å²) in [5.41, 5.74) is 9.28. The quantitative estimate of drug-likeness (QED) is 0.210. The normalized spacial score (nSPS) is 11.3. The van der Waals surface area contributed by atoms with Crippen LogP contribution in [0.25, 0.3) is 53.3 Å². The van der Waals surface area contributed by atoms with E-state index < -0.39 is 0 Å². The summed E-state index contributed by atoms with van der Waals surface area (Å²) < 4.78 is 2.45. The van der Waals surface area contributed by atoms with Gasteiger partial charge in [-0.2, -0.15) is 0 Å². The number of anilines is 3. The molecule has 0 spiro atoms. The average molecular weight is 555 g/mol. The van der Waals surface area contributed by atoms with E-state index in [4.69, 9.17) is 0 Å². The molecular formula is C39H26N2S. The molecule has 0 aliphatic carbocycles. The van der Waals surface area contributed by atoms with Gasteiger partial charge in [0.25, 0.3) is 0 Å². The molecule has 2 heterocycles. The van der Waals surface area contributed by atoms with Crippen molar-refractivity contribution in [2.75, 3.05) is 4.90 Å². The SMILES string of the molecule is c1ccc(-c2ccc(N(c3ccc(-c4ccc5ccccc5c4)cc3)c3ccc4c(c3)sc3cccnc34)cc2)cc1. The van der Waals surface area contributed by atoms with Crippen LogP contribution in [0.2, 0.25) is 0 Å². The summed E-state index contributed by atoms with van der Waals surface area (Å²) in [4.78, 5) is 7.00. The Kier molecular flexibility index (Phi) is 6.02. The Morgan fingerprint density at radius 1 is 0.429 bits per heavy atom. The van der Waals surface area contributed by atoms with Gasteiger partial charge in [-0.15, -0.1) is 11.3 Å². The maximum absolute atomic E-state index is 4.65. The van der Waals surface area contributed by atoms with Crippen LogP contribution < -0.4 is 4.90 Å². The van der Waals surface area contributed by atoms with E-state index in [9.17, 15) is 0 Å². The van der Waals surface area contributed by atoms with Gasteiger partial charge < -0.3 is 4.90 Å². The number of benzene rings is 6. The maximum atomic E-state index is 4.65. The van der Waals surface area contributed by atoms with E-state index in [-0.39, 0.29) is 0 Å². The minimum atomic E-state index is 1.07. The summed E-state index contributed by atoms with van der Waals surface area (Å²) >= 11 is 1.79. The third-order valence-electron chi connectivity index (χ3n) is 7.91. The summed E-state index contributed by atoms with van der Waals surface area (Å²) in [5, 5.41) is 3.71. The summed E-state index contributed by atoms with van der Waals surface area (Å²) in [7, 11) is 0. The number of hydrogen-bond donors (Lipinski definition) is 0. The van der Waals surface area contributed by atoms with Crippen LogP contribution in [0, 0.1) is 0 Å². The van der Waals surface area contributed by atoms with E-state index >= 15 is 0 Å². The molecule has 0 unspecified atom stereocenters. The third-order valence-corrected chi connectivity index (χ3v) is 9.02. The molecule has 0 saturated heterocycles. The van der Waals surface area contributed by atoms with E-state index in [1.165, 1.54) is 47.8 Å². The Morgan fingerprint density at radius 2 is 1.05 bits per heavy atom. The summed E-state index contributed by atoms with van der Waals surface area (Å²) in [5.74, 6) is 0. The first kappa shape index (κ1) is 24.5. The predicted octanol–water partition coefficient (Wildman–Crippen LogP) is 11.4. The molecule has 3 heteroatoms. The molecule has 2 aromatic heterocycles. The zero-order chi connectivity index (χ0) is 27.9. The number of aromatic nitrogens is 1. The lowest BCUT2D eigenvalue weighted by molar-refractivity contribution is 1.29. The number of rotatable bonds is 5. The summed E-state index contributed by atoms with van der Waals surface area (Å²) in [6.07, 6.45) is 1.88. The van der Waals surface area contributed by atoms with Gasteiger partial charge in [0.15, 0.2) is 0 Å². The number of fused-ring (bicyclic) bond motifs is 4. The Labute approximate surface area is 248 Å². The van der Waals surface area contributed by atoms with Gasteiger partial charge in [-0.05, 0) is 93.7 Å². The Hall–Kier alpha value is -5.25. The molecule has 6 aromatic carbocycles. The van der Waals surface area contributed by atoms with Crippen molar-refractivity contribution in [1.29, 1.82) is 0 Å². The van der Waals surface area contributed by atoms with Crippen molar-refractivity contribution in [3.05, 3.63) is 158 Å². The van der Waals surface area contributed by atoms with Crippen LogP contribution in [0.3, 0.4) is 0 Å². The van der Waals surface area contributed by atoms with Crippen LogP contribution in [0.1, 0.15) is 0 Å². The fourth-order valence-electron chi connectivity index (χ4n) is 5.78. The molecule has 2 nitrogen and oxygen atoms in total. The molecule has 0 N–H and O–H groups in total. The number of hydrogen-bond acceptors (Lipinski definition) is 3. The largest absolute Gasteiger partial charge is 0.310 e.